The second-order valence-corrected chi connectivity index (χ2v) is 7.01. The van der Waals surface area contributed by atoms with Crippen LogP contribution in [0.1, 0.15) is 12.8 Å². The molecule has 3 N–H and O–H groups in total. The number of benzene rings is 1. The van der Waals surface area contributed by atoms with Crippen molar-refractivity contribution in [1.29, 1.82) is 0 Å². The van der Waals surface area contributed by atoms with Gasteiger partial charge in [-0.15, -0.1) is 12.4 Å². The van der Waals surface area contributed by atoms with E-state index in [1.807, 2.05) is 0 Å². The van der Waals surface area contributed by atoms with Gasteiger partial charge >= 0.3 is 0 Å². The van der Waals surface area contributed by atoms with Crippen molar-refractivity contribution in [1.82, 2.24) is 13.5 Å². The Morgan fingerprint density at radius 1 is 1.40 bits per heavy atom. The van der Waals surface area contributed by atoms with Crippen LogP contribution in [0.25, 0.3) is 11.0 Å². The van der Waals surface area contributed by atoms with Crippen molar-refractivity contribution in [3.63, 3.8) is 0 Å². The van der Waals surface area contributed by atoms with Crippen molar-refractivity contribution in [3.8, 4) is 0 Å². The third-order valence-electron chi connectivity index (χ3n) is 3.28. The highest BCUT2D eigenvalue weighted by Crippen LogP contribution is 2.31. The molecule has 1 unspecified atom stereocenters. The van der Waals surface area contributed by atoms with Gasteiger partial charge in [0.25, 0.3) is 0 Å². The third-order valence-corrected chi connectivity index (χ3v) is 5.27. The van der Waals surface area contributed by atoms with Crippen LogP contribution in [0.15, 0.2) is 23.1 Å². The van der Waals surface area contributed by atoms with Gasteiger partial charge in [-0.25, -0.2) is 13.1 Å². The standard InChI is InChI=1S/C11H14N4O2S2.ClH/c12-8(7-4-5-7)6-13-19(16,17)10-3-1-2-9-11(10)15-18-14-9;/h1-3,7-8,13H,4-6,12H2;1H. The van der Waals surface area contributed by atoms with E-state index in [0.717, 1.165) is 24.6 Å². The molecule has 0 spiro atoms. The summed E-state index contributed by atoms with van der Waals surface area (Å²) in [5.74, 6) is 0.458. The maximum atomic E-state index is 12.3. The molecule has 1 aliphatic rings. The third kappa shape index (κ3) is 3.09. The highest BCUT2D eigenvalue weighted by atomic mass is 35.5. The van der Waals surface area contributed by atoms with Crippen LogP contribution < -0.4 is 10.5 Å². The smallest absolute Gasteiger partial charge is 0.242 e. The van der Waals surface area contributed by atoms with Crippen LogP contribution in [0.5, 0.6) is 0 Å². The van der Waals surface area contributed by atoms with Crippen molar-refractivity contribution in [2.45, 2.75) is 23.8 Å². The second-order valence-electron chi connectivity index (χ2n) is 4.74. The van der Waals surface area contributed by atoms with Crippen molar-refractivity contribution < 1.29 is 8.42 Å². The monoisotopic (exact) mass is 334 g/mol. The molecule has 20 heavy (non-hydrogen) atoms. The molecule has 1 saturated carbocycles. The summed E-state index contributed by atoms with van der Waals surface area (Å²) < 4.78 is 35.2. The molecule has 0 aliphatic heterocycles. The number of aromatic nitrogens is 2. The summed E-state index contributed by atoms with van der Waals surface area (Å²) in [5, 5.41) is 0. The average molecular weight is 335 g/mol. The maximum absolute atomic E-state index is 12.3. The molecular formula is C11H15ClN4O2S2. The predicted octanol–water partition coefficient (Wildman–Crippen LogP) is 1.13. The first-order chi connectivity index (χ1) is 9.08. The normalized spacial score (nSPS) is 16.9. The van der Waals surface area contributed by atoms with Crippen LogP contribution in [0, 0.1) is 5.92 Å². The minimum Gasteiger partial charge on any atom is -0.326 e. The summed E-state index contributed by atoms with van der Waals surface area (Å²) in [6.07, 6.45) is 2.18. The molecule has 110 valence electrons. The molecular weight excluding hydrogens is 320 g/mol. The quantitative estimate of drug-likeness (QED) is 0.854. The summed E-state index contributed by atoms with van der Waals surface area (Å²) in [6.45, 7) is 0.265. The molecule has 1 heterocycles. The summed E-state index contributed by atoms with van der Waals surface area (Å²) in [5.41, 5.74) is 6.92. The second kappa shape index (κ2) is 5.90. The topological polar surface area (TPSA) is 98.0 Å². The fourth-order valence-electron chi connectivity index (χ4n) is 1.97. The number of hydrogen-bond acceptors (Lipinski definition) is 6. The number of hydrogen-bond donors (Lipinski definition) is 2. The van der Waals surface area contributed by atoms with Crippen LogP contribution in [-0.4, -0.2) is 29.8 Å². The number of sulfonamides is 1. The molecule has 3 rings (SSSR count). The zero-order valence-electron chi connectivity index (χ0n) is 10.5. The zero-order chi connectivity index (χ0) is 13.5. The molecule has 0 saturated heterocycles. The molecule has 1 aliphatic carbocycles. The van der Waals surface area contributed by atoms with Crippen LogP contribution in [0.3, 0.4) is 0 Å². The Bertz CT molecular complexity index is 699. The van der Waals surface area contributed by atoms with Gasteiger partial charge in [0.2, 0.25) is 10.0 Å². The number of nitrogens with two attached hydrogens (primary N) is 1. The van der Waals surface area contributed by atoms with Gasteiger partial charge in [0.15, 0.2) is 0 Å². The molecule has 1 atom stereocenters. The molecule has 0 bridgehead atoms. The van der Waals surface area contributed by atoms with Gasteiger partial charge in [0.05, 0.1) is 11.7 Å². The van der Waals surface area contributed by atoms with E-state index in [-0.39, 0.29) is 29.9 Å². The SMILES string of the molecule is Cl.NC(CNS(=O)(=O)c1cccc2nsnc12)C1CC1. The van der Waals surface area contributed by atoms with Crippen molar-refractivity contribution in [2.24, 2.45) is 11.7 Å². The number of nitrogens with zero attached hydrogens (tertiary/aromatic N) is 2. The van der Waals surface area contributed by atoms with Crippen LogP contribution in [0.4, 0.5) is 0 Å². The molecule has 1 aromatic carbocycles. The number of fused-ring (bicyclic) bond motifs is 1. The van der Waals surface area contributed by atoms with E-state index >= 15 is 0 Å². The Hall–Kier alpha value is -0.800. The lowest BCUT2D eigenvalue weighted by Crippen LogP contribution is -2.38. The average Bonchev–Trinajstić information content (AvgIpc) is 3.13. The summed E-state index contributed by atoms with van der Waals surface area (Å²) in [7, 11) is -3.58. The zero-order valence-corrected chi connectivity index (χ0v) is 13.0. The van der Waals surface area contributed by atoms with Gasteiger partial charge < -0.3 is 5.73 Å². The van der Waals surface area contributed by atoms with Gasteiger partial charge in [0.1, 0.15) is 15.9 Å². The minimum atomic E-state index is -3.58. The lowest BCUT2D eigenvalue weighted by molar-refractivity contribution is 0.548. The van der Waals surface area contributed by atoms with Crippen LogP contribution >= 0.6 is 24.1 Å². The Kier molecular flexibility index (Phi) is 4.60. The summed E-state index contributed by atoms with van der Waals surface area (Å²) in [6, 6.07) is 4.84. The highest BCUT2D eigenvalue weighted by Gasteiger charge is 2.29. The highest BCUT2D eigenvalue weighted by molar-refractivity contribution is 7.89. The Labute approximate surface area is 127 Å². The van der Waals surface area contributed by atoms with Gasteiger partial charge in [-0.3, -0.25) is 0 Å². The van der Waals surface area contributed by atoms with Crippen LogP contribution in [0.2, 0.25) is 0 Å². The summed E-state index contributed by atoms with van der Waals surface area (Å²) in [4.78, 5) is 0.168. The van der Waals surface area contributed by atoms with Gasteiger partial charge in [-0.1, -0.05) is 6.07 Å². The van der Waals surface area contributed by atoms with E-state index in [4.69, 9.17) is 5.73 Å². The lowest BCUT2D eigenvalue weighted by Gasteiger charge is -2.12. The maximum Gasteiger partial charge on any atom is 0.242 e. The predicted molar refractivity (Wildman–Crippen MR) is 80.6 cm³/mol. The molecule has 2 aromatic rings. The van der Waals surface area contributed by atoms with Crippen molar-refractivity contribution in [2.75, 3.05) is 6.54 Å². The van der Waals surface area contributed by atoms with E-state index in [1.165, 1.54) is 6.07 Å². The molecule has 6 nitrogen and oxygen atoms in total. The first kappa shape index (κ1) is 15.6. The van der Waals surface area contributed by atoms with E-state index < -0.39 is 10.0 Å². The van der Waals surface area contributed by atoms with Gasteiger partial charge in [0, 0.05) is 12.6 Å². The van der Waals surface area contributed by atoms with Crippen molar-refractivity contribution >= 4 is 45.2 Å². The van der Waals surface area contributed by atoms with E-state index in [2.05, 4.69) is 13.5 Å². The molecule has 1 aromatic heterocycles. The summed E-state index contributed by atoms with van der Waals surface area (Å²) >= 11 is 1.01. The fraction of sp³-hybridized carbons (Fsp3) is 0.455. The molecule has 0 radical (unpaired) electrons. The fourth-order valence-corrected chi connectivity index (χ4v) is 3.81. The molecule has 1 fully saturated rings. The minimum absolute atomic E-state index is 0. The van der Waals surface area contributed by atoms with E-state index in [0.29, 0.717) is 17.0 Å². The molecule has 9 heteroatoms. The van der Waals surface area contributed by atoms with E-state index in [9.17, 15) is 8.42 Å². The van der Waals surface area contributed by atoms with E-state index in [1.54, 1.807) is 12.1 Å². The first-order valence-corrected chi connectivity index (χ1v) is 8.26. The first-order valence-electron chi connectivity index (χ1n) is 6.04. The number of rotatable bonds is 5. The van der Waals surface area contributed by atoms with Gasteiger partial charge in [-0.2, -0.15) is 8.75 Å². The molecule has 0 amide bonds. The Morgan fingerprint density at radius 2 is 2.15 bits per heavy atom. The van der Waals surface area contributed by atoms with Gasteiger partial charge in [-0.05, 0) is 30.9 Å². The Morgan fingerprint density at radius 3 is 2.85 bits per heavy atom. The number of halogens is 1. The Balaban J connectivity index is 0.00000147. The largest absolute Gasteiger partial charge is 0.326 e. The van der Waals surface area contributed by atoms with Crippen molar-refractivity contribution in [3.05, 3.63) is 18.2 Å². The van der Waals surface area contributed by atoms with Crippen LogP contribution in [-0.2, 0) is 10.0 Å². The number of nitrogens with one attached hydrogen (secondary N) is 1. The lowest BCUT2D eigenvalue weighted by atomic mass is 10.2.